The Hall–Kier alpha value is -1.91. The second-order valence-corrected chi connectivity index (χ2v) is 5.12. The van der Waals surface area contributed by atoms with E-state index in [0.717, 1.165) is 31.2 Å². The minimum atomic E-state index is -0.639. The van der Waals surface area contributed by atoms with Crippen molar-refractivity contribution in [1.82, 2.24) is 10.6 Å². The van der Waals surface area contributed by atoms with Crippen molar-refractivity contribution < 1.29 is 14.0 Å². The predicted octanol–water partition coefficient (Wildman–Crippen LogP) is 1.89. The van der Waals surface area contributed by atoms with E-state index >= 15 is 0 Å². The van der Waals surface area contributed by atoms with Crippen LogP contribution in [0, 0.1) is 5.82 Å². The molecule has 2 amide bonds. The molecule has 1 aliphatic carbocycles. The Morgan fingerprint density at radius 2 is 1.70 bits per heavy atom. The number of hydrogen-bond donors (Lipinski definition) is 2. The van der Waals surface area contributed by atoms with Crippen LogP contribution in [0.2, 0.25) is 0 Å². The van der Waals surface area contributed by atoms with E-state index in [4.69, 9.17) is 0 Å². The van der Waals surface area contributed by atoms with Crippen molar-refractivity contribution in [3.8, 4) is 0 Å². The first-order valence-corrected chi connectivity index (χ1v) is 6.98. The third-order valence-corrected chi connectivity index (χ3v) is 3.51. The van der Waals surface area contributed by atoms with Crippen LogP contribution < -0.4 is 10.6 Å². The Bertz CT molecular complexity index is 467. The molecule has 5 heteroatoms. The van der Waals surface area contributed by atoms with Crippen molar-refractivity contribution in [2.45, 2.75) is 44.7 Å². The zero-order valence-electron chi connectivity index (χ0n) is 11.3. The SMILES string of the molecule is O=C(NCc1ccc(F)cc1)C(=O)NC1CCCCC1. The van der Waals surface area contributed by atoms with Gasteiger partial charge in [-0.1, -0.05) is 31.4 Å². The molecule has 1 aromatic rings. The summed E-state index contributed by atoms with van der Waals surface area (Å²) in [5.74, 6) is -1.55. The number of halogens is 1. The summed E-state index contributed by atoms with van der Waals surface area (Å²) in [5, 5.41) is 5.29. The highest BCUT2D eigenvalue weighted by Gasteiger charge is 2.19. The number of amides is 2. The molecule has 0 aliphatic heterocycles. The highest BCUT2D eigenvalue weighted by atomic mass is 19.1. The van der Waals surface area contributed by atoms with Gasteiger partial charge in [-0.3, -0.25) is 9.59 Å². The summed E-state index contributed by atoms with van der Waals surface area (Å²) < 4.78 is 12.7. The molecule has 0 heterocycles. The first-order chi connectivity index (χ1) is 9.65. The molecule has 108 valence electrons. The zero-order chi connectivity index (χ0) is 14.4. The maximum atomic E-state index is 12.7. The van der Waals surface area contributed by atoms with Crippen molar-refractivity contribution in [3.05, 3.63) is 35.6 Å². The molecule has 0 unspecified atom stereocenters. The van der Waals surface area contributed by atoms with Gasteiger partial charge in [0.25, 0.3) is 0 Å². The van der Waals surface area contributed by atoms with Crippen LogP contribution >= 0.6 is 0 Å². The molecule has 20 heavy (non-hydrogen) atoms. The van der Waals surface area contributed by atoms with E-state index in [2.05, 4.69) is 10.6 Å². The van der Waals surface area contributed by atoms with Gasteiger partial charge in [0.15, 0.2) is 0 Å². The molecule has 1 aromatic carbocycles. The van der Waals surface area contributed by atoms with E-state index in [9.17, 15) is 14.0 Å². The molecule has 0 saturated heterocycles. The molecule has 0 aromatic heterocycles. The third kappa shape index (κ3) is 4.33. The van der Waals surface area contributed by atoms with Crippen LogP contribution in [-0.2, 0) is 16.1 Å². The number of nitrogens with one attached hydrogen (secondary N) is 2. The lowest BCUT2D eigenvalue weighted by Gasteiger charge is -2.22. The predicted molar refractivity (Wildman–Crippen MR) is 73.3 cm³/mol. The van der Waals surface area contributed by atoms with Crippen LogP contribution in [0.25, 0.3) is 0 Å². The van der Waals surface area contributed by atoms with E-state index in [1.165, 1.54) is 18.6 Å². The highest BCUT2D eigenvalue weighted by molar-refractivity contribution is 6.35. The topological polar surface area (TPSA) is 58.2 Å². The standard InChI is InChI=1S/C15H19FN2O2/c16-12-8-6-11(7-9-12)10-17-14(19)15(20)18-13-4-2-1-3-5-13/h6-9,13H,1-5,10H2,(H,17,19)(H,18,20). The summed E-state index contributed by atoms with van der Waals surface area (Å²) in [6, 6.07) is 5.92. The lowest BCUT2D eigenvalue weighted by atomic mass is 9.95. The molecule has 1 aliphatic rings. The summed E-state index contributed by atoms with van der Waals surface area (Å²) in [7, 11) is 0. The van der Waals surface area contributed by atoms with Crippen molar-refractivity contribution in [2.24, 2.45) is 0 Å². The number of rotatable bonds is 3. The maximum absolute atomic E-state index is 12.7. The Balaban J connectivity index is 1.76. The van der Waals surface area contributed by atoms with Crippen LogP contribution in [0.3, 0.4) is 0 Å². The van der Waals surface area contributed by atoms with Crippen LogP contribution in [0.15, 0.2) is 24.3 Å². The fraction of sp³-hybridized carbons (Fsp3) is 0.467. The van der Waals surface area contributed by atoms with Gasteiger partial charge in [-0.2, -0.15) is 0 Å². The van der Waals surface area contributed by atoms with Crippen molar-refractivity contribution >= 4 is 11.8 Å². The second kappa shape index (κ2) is 7.03. The monoisotopic (exact) mass is 278 g/mol. The molecule has 0 atom stereocenters. The van der Waals surface area contributed by atoms with E-state index in [-0.39, 0.29) is 18.4 Å². The Morgan fingerprint density at radius 1 is 1.05 bits per heavy atom. The molecule has 2 rings (SSSR count). The molecular formula is C15H19FN2O2. The summed E-state index contributed by atoms with van der Waals surface area (Å²) >= 11 is 0. The van der Waals surface area contributed by atoms with E-state index in [0.29, 0.717) is 0 Å². The Kier molecular flexibility index (Phi) is 5.09. The number of benzene rings is 1. The van der Waals surface area contributed by atoms with Crippen LogP contribution in [0.4, 0.5) is 4.39 Å². The largest absolute Gasteiger partial charge is 0.345 e. The van der Waals surface area contributed by atoms with Gasteiger partial charge in [-0.05, 0) is 30.5 Å². The molecule has 0 spiro atoms. The highest BCUT2D eigenvalue weighted by Crippen LogP contribution is 2.17. The summed E-state index contributed by atoms with van der Waals surface area (Å²) in [6.07, 6.45) is 5.28. The van der Waals surface area contributed by atoms with Gasteiger partial charge in [0, 0.05) is 12.6 Å². The maximum Gasteiger partial charge on any atom is 0.309 e. The van der Waals surface area contributed by atoms with E-state index < -0.39 is 11.8 Å². The molecule has 1 saturated carbocycles. The number of hydrogen-bond acceptors (Lipinski definition) is 2. The lowest BCUT2D eigenvalue weighted by molar-refractivity contribution is -0.139. The van der Waals surface area contributed by atoms with Crippen LogP contribution in [0.5, 0.6) is 0 Å². The van der Waals surface area contributed by atoms with Gasteiger partial charge < -0.3 is 10.6 Å². The average molecular weight is 278 g/mol. The minimum Gasteiger partial charge on any atom is -0.345 e. The van der Waals surface area contributed by atoms with Gasteiger partial charge >= 0.3 is 11.8 Å². The molecular weight excluding hydrogens is 259 g/mol. The van der Waals surface area contributed by atoms with Gasteiger partial charge in [0.1, 0.15) is 5.82 Å². The molecule has 0 radical (unpaired) electrons. The Labute approximate surface area is 117 Å². The van der Waals surface area contributed by atoms with Gasteiger partial charge in [0.2, 0.25) is 0 Å². The number of carbonyl (C=O) groups is 2. The lowest BCUT2D eigenvalue weighted by Crippen LogP contribution is -2.45. The average Bonchev–Trinajstić information content (AvgIpc) is 2.47. The quantitative estimate of drug-likeness (QED) is 0.830. The summed E-state index contributed by atoms with van der Waals surface area (Å²) in [5.41, 5.74) is 0.755. The molecule has 2 N–H and O–H groups in total. The number of carbonyl (C=O) groups excluding carboxylic acids is 2. The van der Waals surface area contributed by atoms with Crippen molar-refractivity contribution in [2.75, 3.05) is 0 Å². The van der Waals surface area contributed by atoms with Gasteiger partial charge in [-0.25, -0.2) is 4.39 Å². The van der Waals surface area contributed by atoms with Crippen LogP contribution in [-0.4, -0.2) is 17.9 Å². The third-order valence-electron chi connectivity index (χ3n) is 3.51. The zero-order valence-corrected chi connectivity index (χ0v) is 11.3. The second-order valence-electron chi connectivity index (χ2n) is 5.12. The summed E-state index contributed by atoms with van der Waals surface area (Å²) in [6.45, 7) is 0.219. The Morgan fingerprint density at radius 3 is 2.35 bits per heavy atom. The molecule has 0 bridgehead atoms. The van der Waals surface area contributed by atoms with E-state index in [1.54, 1.807) is 12.1 Å². The minimum absolute atomic E-state index is 0.118. The normalized spacial score (nSPS) is 15.7. The molecule has 4 nitrogen and oxygen atoms in total. The van der Waals surface area contributed by atoms with E-state index in [1.807, 2.05) is 0 Å². The van der Waals surface area contributed by atoms with Crippen LogP contribution in [0.1, 0.15) is 37.7 Å². The smallest absolute Gasteiger partial charge is 0.309 e. The summed E-state index contributed by atoms with van der Waals surface area (Å²) in [4.78, 5) is 23.4. The fourth-order valence-corrected chi connectivity index (χ4v) is 2.36. The molecule has 1 fully saturated rings. The van der Waals surface area contributed by atoms with Gasteiger partial charge in [0.05, 0.1) is 0 Å². The van der Waals surface area contributed by atoms with Gasteiger partial charge in [-0.15, -0.1) is 0 Å². The first kappa shape index (κ1) is 14.5. The fourth-order valence-electron chi connectivity index (χ4n) is 2.36. The first-order valence-electron chi connectivity index (χ1n) is 6.98. The van der Waals surface area contributed by atoms with Crippen molar-refractivity contribution in [3.63, 3.8) is 0 Å². The van der Waals surface area contributed by atoms with Crippen molar-refractivity contribution in [1.29, 1.82) is 0 Å².